The van der Waals surface area contributed by atoms with Crippen LogP contribution in [0, 0.1) is 0 Å². The van der Waals surface area contributed by atoms with E-state index < -0.39 is 27.1 Å². The van der Waals surface area contributed by atoms with Gasteiger partial charge in [-0.05, 0) is 351 Å². The minimum absolute atomic E-state index is 0.0854. The van der Waals surface area contributed by atoms with Gasteiger partial charge in [-0.3, -0.25) is 9.59 Å². The van der Waals surface area contributed by atoms with Gasteiger partial charge < -0.3 is 9.47 Å². The van der Waals surface area contributed by atoms with Gasteiger partial charge in [0.25, 0.3) is 0 Å². The molecule has 0 fully saturated rings. The molecule has 0 aromatic heterocycles. The number of carbonyl (C=O) groups excluding carboxylic acids is 2. The van der Waals surface area contributed by atoms with Crippen LogP contribution in [0.4, 0.5) is 0 Å². The van der Waals surface area contributed by atoms with Crippen LogP contribution >= 0.6 is 0 Å². The van der Waals surface area contributed by atoms with Crippen LogP contribution in [0.25, 0.3) is 215 Å². The fourth-order valence-electron chi connectivity index (χ4n) is 30.7. The molecule has 5 unspecified atom stereocenters. The smallest absolute Gasteiger partial charge is 0.305 e. The molecule has 10 aliphatic carbocycles. The van der Waals surface area contributed by atoms with E-state index in [2.05, 4.69) is 91.0 Å². The summed E-state index contributed by atoms with van der Waals surface area (Å²) in [5.74, 6) is -0.172. The molecule has 0 amide bonds. The Morgan fingerprint density at radius 3 is 0.969 bits per heavy atom. The number of ether oxygens (including phenoxy) is 2. The summed E-state index contributed by atoms with van der Waals surface area (Å²) >= 11 is 0. The van der Waals surface area contributed by atoms with Crippen molar-refractivity contribution in [2.75, 3.05) is 13.2 Å². The van der Waals surface area contributed by atoms with Gasteiger partial charge in [-0.25, -0.2) is 0 Å². The molecule has 0 bridgehead atoms. The first kappa shape index (κ1) is 43.4. The van der Waals surface area contributed by atoms with Crippen LogP contribution in [-0.2, 0) is 59.0 Å². The SMILES string of the molecule is CCOC(=O)CCCC12c3c4c5[c-]6c3C3(Cc7ccccc7)c7c1c1c8c2c2c9c%10c(c%11c%12c%13c(c%14c%15c%16c(c3c3c7c7c1c1c%17c8c9c8c9c%10c%12c%10c%12c%13c%15c%13c%15c%16c3c3c7c1c1c(c%178)c(c9%10)c(c%12%13)c1c3%15)C%146Cc1ccccc1)C%115c1ccccc1)C42CCCC(=O)OCC. The zero-order valence-corrected chi connectivity index (χ0v) is 51.9. The Kier molecular flexibility index (Phi) is 5.19. The van der Waals surface area contributed by atoms with Crippen LogP contribution in [0.5, 0.6) is 0 Å². The highest BCUT2D eigenvalue weighted by Crippen LogP contribution is 2.90. The Bertz CT molecular complexity index is 8290. The molecule has 4 nitrogen and oxygen atoms in total. The summed E-state index contributed by atoms with van der Waals surface area (Å²) in [6, 6.07) is 36.2. The van der Waals surface area contributed by atoms with Crippen molar-refractivity contribution < 1.29 is 19.1 Å². The second kappa shape index (κ2) is 11.5. The van der Waals surface area contributed by atoms with Crippen molar-refractivity contribution in [2.24, 2.45) is 0 Å². The molecule has 35 rings (SSSR count). The maximum absolute atomic E-state index is 14.6. The van der Waals surface area contributed by atoms with Crippen LogP contribution in [-0.4, -0.2) is 25.2 Å². The van der Waals surface area contributed by atoms with Crippen molar-refractivity contribution in [1.82, 2.24) is 0 Å². The van der Waals surface area contributed by atoms with Gasteiger partial charge in [0.05, 0.1) is 13.2 Å². The van der Waals surface area contributed by atoms with Crippen LogP contribution in [0.2, 0.25) is 0 Å². The summed E-state index contributed by atoms with van der Waals surface area (Å²) in [5.41, 5.74) is 25.5. The topological polar surface area (TPSA) is 52.6 Å². The van der Waals surface area contributed by atoms with Crippen LogP contribution in [0.1, 0.15) is 153 Å². The van der Waals surface area contributed by atoms with Gasteiger partial charge in [0.15, 0.2) is 0 Å². The molecule has 434 valence electrons. The largest absolute Gasteiger partial charge is 0.466 e. The van der Waals surface area contributed by atoms with Gasteiger partial charge in [0.1, 0.15) is 0 Å². The lowest BCUT2D eigenvalue weighted by Crippen LogP contribution is -2.51. The van der Waals surface area contributed by atoms with Crippen LogP contribution in [0.15, 0.2) is 91.0 Å². The number of esters is 2. The van der Waals surface area contributed by atoms with Gasteiger partial charge in [-0.15, -0.1) is 16.7 Å². The van der Waals surface area contributed by atoms with E-state index in [9.17, 15) is 9.59 Å². The molecule has 0 aliphatic heterocycles. The van der Waals surface area contributed by atoms with Gasteiger partial charge in [-0.1, -0.05) is 91.0 Å². The molecule has 0 N–H and O–H groups in total. The quantitative estimate of drug-likeness (QED) is 0.0583. The minimum atomic E-state index is -0.691. The molecule has 25 aromatic carbocycles. The average Bonchev–Trinajstić information content (AvgIpc) is 1.37. The van der Waals surface area contributed by atoms with E-state index in [4.69, 9.17) is 9.47 Å². The van der Waals surface area contributed by atoms with Crippen molar-refractivity contribution in [2.45, 2.75) is 92.3 Å². The lowest BCUT2D eigenvalue weighted by molar-refractivity contribution is -0.144. The summed E-state index contributed by atoms with van der Waals surface area (Å²) in [4.78, 5) is 29.1. The summed E-state index contributed by atoms with van der Waals surface area (Å²) in [7, 11) is 0. The van der Waals surface area contributed by atoms with Crippen molar-refractivity contribution in [1.29, 1.82) is 0 Å². The first-order chi connectivity index (χ1) is 47.5. The molecule has 96 heavy (non-hydrogen) atoms. The fraction of sp³-hybridized carbons (Fsp3) is 0.185. The molecule has 0 heterocycles. The third kappa shape index (κ3) is 2.94. The second-order valence-electron chi connectivity index (χ2n) is 33.0. The van der Waals surface area contributed by atoms with Crippen molar-refractivity contribution in [3.8, 4) is 0 Å². The van der Waals surface area contributed by atoms with Crippen LogP contribution in [0.3, 0.4) is 0 Å². The summed E-state index contributed by atoms with van der Waals surface area (Å²) in [6.45, 7) is 4.71. The highest BCUT2D eigenvalue weighted by Gasteiger charge is 2.74. The fourth-order valence-corrected chi connectivity index (χ4v) is 30.7. The molecule has 4 heteroatoms. The predicted octanol–water partition coefficient (Wildman–Crippen LogP) is 20.8. The zero-order chi connectivity index (χ0) is 60.2. The molecule has 5 atom stereocenters. The van der Waals surface area contributed by atoms with Crippen molar-refractivity contribution >= 4 is 227 Å². The van der Waals surface area contributed by atoms with E-state index in [1.165, 1.54) is 16.7 Å². The normalized spacial score (nSPS) is 24.0. The van der Waals surface area contributed by atoms with E-state index in [1.807, 2.05) is 13.8 Å². The lowest BCUT2D eigenvalue weighted by Gasteiger charge is -2.61. The highest BCUT2D eigenvalue weighted by atomic mass is 16.5. The molecule has 0 saturated heterocycles. The third-order valence-corrected chi connectivity index (χ3v) is 31.3. The average molecular weight is 1210 g/mol. The molecule has 25 aromatic rings. The van der Waals surface area contributed by atoms with Crippen molar-refractivity contribution in [3.63, 3.8) is 0 Å². The summed E-state index contributed by atoms with van der Waals surface area (Å²) in [5, 5.41) is 63.2. The number of benzene rings is 18. The van der Waals surface area contributed by atoms with E-state index in [1.54, 1.807) is 299 Å². The van der Waals surface area contributed by atoms with Gasteiger partial charge >= 0.3 is 11.9 Å². The Balaban J connectivity index is 0.979. The Hall–Kier alpha value is -10.6. The summed E-state index contributed by atoms with van der Waals surface area (Å²) < 4.78 is 12.1. The number of carbonyl (C=O) groups is 2. The first-order valence-corrected chi connectivity index (χ1v) is 36.1. The van der Waals surface area contributed by atoms with Gasteiger partial charge in [0, 0.05) is 29.1 Å². The first-order valence-electron chi connectivity index (χ1n) is 36.1. The van der Waals surface area contributed by atoms with E-state index in [0.29, 0.717) is 38.9 Å². The number of rotatable bonds is 15. The monoisotopic (exact) mass is 1210 g/mol. The van der Waals surface area contributed by atoms with Gasteiger partial charge in [-0.2, -0.15) is 11.1 Å². The second-order valence-corrected chi connectivity index (χ2v) is 33.0. The van der Waals surface area contributed by atoms with Crippen LogP contribution < -0.4 is 0 Å². The summed E-state index contributed by atoms with van der Waals surface area (Å²) in [6.07, 6.45) is 5.52. The maximum Gasteiger partial charge on any atom is 0.305 e. The molecular formula is C92H41O4-. The molecule has 0 saturated carbocycles. The highest BCUT2D eigenvalue weighted by molar-refractivity contribution is 6.77. The Morgan fingerprint density at radius 1 is 0.302 bits per heavy atom. The standard InChI is InChI=1S/C92H41O4/c1-3-95-31(93)22-14-24-88-73-63-53-43-38-34-33-35-37-36(34)41-49-45(38)54(53)65-69-59(49)61-51(41)52-42(37)50-48-40(35)47-46-39(33)44(43)55-56(46)66-67-57(47)58(48)68-70-60(50)62(52)72-71(61)81-79(69)89(74(65)73,25-15-23-32(94)96-4-2)85-83(88)84-86-87(85)92(81,30-20-12-7-13-21-30)82(72)80(70)91(86,27-29-18-10-6-11-19-29)78(68)77(67)90(84,76(66)75(88)64(55)63)26-28-16-8-5-9-17-28/h5-13,16-21H,3-4,14-15,22-27H2,1-2H3/q-1. The maximum atomic E-state index is 14.6. The third-order valence-electron chi connectivity index (χ3n) is 31.3. The number of hydrogen-bond acceptors (Lipinski definition) is 4. The minimum Gasteiger partial charge on any atom is -0.466 e. The molecule has 10 aliphatic rings. The predicted molar refractivity (Wildman–Crippen MR) is 386 cm³/mol. The van der Waals surface area contributed by atoms with Gasteiger partial charge in [0.2, 0.25) is 0 Å². The molecular weight excluding hydrogens is 1170 g/mol. The van der Waals surface area contributed by atoms with E-state index in [0.717, 1.165) is 25.7 Å². The van der Waals surface area contributed by atoms with Crippen molar-refractivity contribution in [3.05, 3.63) is 191 Å². The zero-order valence-electron chi connectivity index (χ0n) is 51.9. The molecule has 0 spiro atoms. The lowest BCUT2D eigenvalue weighted by atomic mass is 9.45. The Morgan fingerprint density at radius 2 is 0.583 bits per heavy atom. The van der Waals surface area contributed by atoms with E-state index >= 15 is 0 Å². The van der Waals surface area contributed by atoms with E-state index in [-0.39, 0.29) is 11.9 Å². The number of hydrogen-bond donors (Lipinski definition) is 0. The molecule has 0 radical (unpaired) electrons. The Labute approximate surface area is 539 Å².